The first-order valence-electron chi connectivity index (χ1n) is 8.23. The molecule has 0 aliphatic rings. The minimum absolute atomic E-state index is 0.256. The van der Waals surface area contributed by atoms with E-state index in [1.54, 1.807) is 12.1 Å². The van der Waals surface area contributed by atoms with E-state index in [-0.39, 0.29) is 12.6 Å². The second kappa shape index (κ2) is 8.15. The molecule has 0 aliphatic carbocycles. The first-order chi connectivity index (χ1) is 12.2. The molecule has 3 aromatic rings. The van der Waals surface area contributed by atoms with Gasteiger partial charge in [-0.05, 0) is 36.8 Å². The number of esters is 1. The summed E-state index contributed by atoms with van der Waals surface area (Å²) < 4.78 is 11.5. The van der Waals surface area contributed by atoms with Crippen LogP contribution in [0.3, 0.4) is 0 Å². The van der Waals surface area contributed by atoms with Gasteiger partial charge in [0.2, 0.25) is 0 Å². The SMILES string of the molecule is Cc1ccc(C(=O)OC(COc2ccccc2)c2ccccc2)cc1. The van der Waals surface area contributed by atoms with E-state index in [2.05, 4.69) is 0 Å². The summed E-state index contributed by atoms with van der Waals surface area (Å²) in [4.78, 5) is 12.5. The zero-order valence-corrected chi connectivity index (χ0v) is 14.1. The summed E-state index contributed by atoms with van der Waals surface area (Å²) >= 11 is 0. The van der Waals surface area contributed by atoms with Crippen LogP contribution in [0.4, 0.5) is 0 Å². The summed E-state index contributed by atoms with van der Waals surface area (Å²) in [5.74, 6) is 0.389. The van der Waals surface area contributed by atoms with Crippen LogP contribution in [0.15, 0.2) is 84.9 Å². The van der Waals surface area contributed by atoms with Gasteiger partial charge in [0.15, 0.2) is 6.10 Å². The Balaban J connectivity index is 1.74. The smallest absolute Gasteiger partial charge is 0.338 e. The number of hydrogen-bond donors (Lipinski definition) is 0. The summed E-state index contributed by atoms with van der Waals surface area (Å²) in [6.45, 7) is 2.24. The molecule has 0 aromatic heterocycles. The molecule has 3 heteroatoms. The van der Waals surface area contributed by atoms with Gasteiger partial charge in [0, 0.05) is 0 Å². The molecule has 0 heterocycles. The number of rotatable bonds is 6. The third-order valence-corrected chi connectivity index (χ3v) is 3.85. The molecule has 3 aromatic carbocycles. The highest BCUT2D eigenvalue weighted by Crippen LogP contribution is 2.21. The molecule has 0 saturated heterocycles. The highest BCUT2D eigenvalue weighted by molar-refractivity contribution is 5.89. The van der Waals surface area contributed by atoms with Gasteiger partial charge in [0.05, 0.1) is 5.56 Å². The van der Waals surface area contributed by atoms with E-state index in [1.165, 1.54) is 0 Å². The van der Waals surface area contributed by atoms with Gasteiger partial charge in [-0.3, -0.25) is 0 Å². The van der Waals surface area contributed by atoms with Crippen LogP contribution in [0.1, 0.15) is 27.6 Å². The predicted molar refractivity (Wildman–Crippen MR) is 97.7 cm³/mol. The van der Waals surface area contributed by atoms with E-state index in [0.29, 0.717) is 5.56 Å². The second-order valence-electron chi connectivity index (χ2n) is 5.79. The molecule has 1 atom stereocenters. The molecule has 0 bridgehead atoms. The van der Waals surface area contributed by atoms with Crippen molar-refractivity contribution in [3.63, 3.8) is 0 Å². The lowest BCUT2D eigenvalue weighted by atomic mass is 10.1. The van der Waals surface area contributed by atoms with Crippen LogP contribution in [-0.4, -0.2) is 12.6 Å². The maximum absolute atomic E-state index is 12.5. The van der Waals surface area contributed by atoms with Crippen molar-refractivity contribution in [1.82, 2.24) is 0 Å². The first-order valence-corrected chi connectivity index (χ1v) is 8.23. The molecular weight excluding hydrogens is 312 g/mol. The first kappa shape index (κ1) is 16.8. The summed E-state index contributed by atoms with van der Waals surface area (Å²) in [5.41, 5.74) is 2.54. The van der Waals surface area contributed by atoms with Crippen LogP contribution in [0.5, 0.6) is 5.75 Å². The number of para-hydroxylation sites is 1. The number of benzene rings is 3. The number of carbonyl (C=O) groups is 1. The average Bonchev–Trinajstić information content (AvgIpc) is 2.67. The Morgan fingerprint density at radius 2 is 1.44 bits per heavy atom. The quantitative estimate of drug-likeness (QED) is 0.598. The van der Waals surface area contributed by atoms with Gasteiger partial charge in [-0.15, -0.1) is 0 Å². The van der Waals surface area contributed by atoms with E-state index in [9.17, 15) is 4.79 Å². The van der Waals surface area contributed by atoms with Crippen molar-refractivity contribution >= 4 is 5.97 Å². The minimum atomic E-state index is -0.477. The predicted octanol–water partition coefficient (Wildman–Crippen LogP) is 4.97. The molecule has 0 spiro atoms. The number of ether oxygens (including phenoxy) is 2. The van der Waals surface area contributed by atoms with Crippen LogP contribution in [0.2, 0.25) is 0 Å². The van der Waals surface area contributed by atoms with E-state index >= 15 is 0 Å². The van der Waals surface area contributed by atoms with Crippen molar-refractivity contribution in [2.24, 2.45) is 0 Å². The Labute approximate surface area is 147 Å². The Hall–Kier alpha value is -3.07. The molecule has 3 nitrogen and oxygen atoms in total. The van der Waals surface area contributed by atoms with Crippen molar-refractivity contribution in [2.75, 3.05) is 6.61 Å². The van der Waals surface area contributed by atoms with Gasteiger partial charge in [-0.2, -0.15) is 0 Å². The summed E-state index contributed by atoms with van der Waals surface area (Å²) in [6, 6.07) is 26.5. The van der Waals surface area contributed by atoms with Gasteiger partial charge < -0.3 is 9.47 Å². The third kappa shape index (κ3) is 4.70. The zero-order chi connectivity index (χ0) is 17.5. The summed E-state index contributed by atoms with van der Waals surface area (Å²) in [5, 5.41) is 0. The number of aryl methyl sites for hydroxylation is 1. The maximum Gasteiger partial charge on any atom is 0.338 e. The van der Waals surface area contributed by atoms with Gasteiger partial charge in [0.1, 0.15) is 12.4 Å². The molecule has 0 radical (unpaired) electrons. The normalized spacial score (nSPS) is 11.6. The molecule has 0 saturated carbocycles. The Morgan fingerprint density at radius 3 is 2.08 bits per heavy atom. The molecule has 1 unspecified atom stereocenters. The van der Waals surface area contributed by atoms with E-state index in [1.807, 2.05) is 79.7 Å². The van der Waals surface area contributed by atoms with Crippen molar-refractivity contribution in [3.8, 4) is 5.75 Å². The lowest BCUT2D eigenvalue weighted by molar-refractivity contribution is 0.0168. The minimum Gasteiger partial charge on any atom is -0.489 e. The zero-order valence-electron chi connectivity index (χ0n) is 14.1. The standard InChI is InChI=1S/C22H20O3/c1-17-12-14-19(15-13-17)22(23)25-21(18-8-4-2-5-9-18)16-24-20-10-6-3-7-11-20/h2-15,21H,16H2,1H3. The summed E-state index contributed by atoms with van der Waals surface area (Å²) in [6.07, 6.45) is -0.477. The lowest BCUT2D eigenvalue weighted by Gasteiger charge is -2.19. The van der Waals surface area contributed by atoms with Crippen LogP contribution in [-0.2, 0) is 4.74 Å². The highest BCUT2D eigenvalue weighted by atomic mass is 16.6. The van der Waals surface area contributed by atoms with Crippen LogP contribution in [0, 0.1) is 6.92 Å². The van der Waals surface area contributed by atoms with Crippen molar-refractivity contribution in [1.29, 1.82) is 0 Å². The molecule has 0 aliphatic heterocycles. The number of hydrogen-bond acceptors (Lipinski definition) is 3. The molecule has 3 rings (SSSR count). The third-order valence-electron chi connectivity index (χ3n) is 3.85. The fourth-order valence-corrected chi connectivity index (χ4v) is 2.44. The van der Waals surface area contributed by atoms with Crippen LogP contribution >= 0.6 is 0 Å². The molecule has 0 N–H and O–H groups in total. The fraction of sp³-hybridized carbons (Fsp3) is 0.136. The van der Waals surface area contributed by atoms with Gasteiger partial charge in [0.25, 0.3) is 0 Å². The van der Waals surface area contributed by atoms with E-state index < -0.39 is 6.10 Å². The molecule has 0 fully saturated rings. The highest BCUT2D eigenvalue weighted by Gasteiger charge is 2.19. The Bertz CT molecular complexity index is 796. The molecular formula is C22H20O3. The monoisotopic (exact) mass is 332 g/mol. The van der Waals surface area contributed by atoms with E-state index in [0.717, 1.165) is 16.9 Å². The lowest BCUT2D eigenvalue weighted by Crippen LogP contribution is -2.18. The average molecular weight is 332 g/mol. The Kier molecular flexibility index (Phi) is 5.47. The Morgan fingerprint density at radius 1 is 0.840 bits per heavy atom. The molecule has 126 valence electrons. The van der Waals surface area contributed by atoms with E-state index in [4.69, 9.17) is 9.47 Å². The van der Waals surface area contributed by atoms with Gasteiger partial charge in [-0.25, -0.2) is 4.79 Å². The second-order valence-corrected chi connectivity index (χ2v) is 5.79. The number of carbonyl (C=O) groups excluding carboxylic acids is 1. The summed E-state index contributed by atoms with van der Waals surface area (Å²) in [7, 11) is 0. The van der Waals surface area contributed by atoms with Gasteiger partial charge in [-0.1, -0.05) is 66.2 Å². The topological polar surface area (TPSA) is 35.5 Å². The van der Waals surface area contributed by atoms with Gasteiger partial charge >= 0.3 is 5.97 Å². The largest absolute Gasteiger partial charge is 0.489 e. The molecule has 25 heavy (non-hydrogen) atoms. The van der Waals surface area contributed by atoms with Crippen LogP contribution in [0.25, 0.3) is 0 Å². The maximum atomic E-state index is 12.5. The van der Waals surface area contributed by atoms with Crippen LogP contribution < -0.4 is 4.74 Å². The fourth-order valence-electron chi connectivity index (χ4n) is 2.44. The van der Waals surface area contributed by atoms with Crippen molar-refractivity contribution in [3.05, 3.63) is 102 Å². The van der Waals surface area contributed by atoms with Crippen molar-refractivity contribution < 1.29 is 14.3 Å². The molecule has 0 amide bonds. The van der Waals surface area contributed by atoms with Crippen molar-refractivity contribution in [2.45, 2.75) is 13.0 Å².